The zero-order chi connectivity index (χ0) is 18.2. The normalized spacial score (nSPS) is 11.5. The van der Waals surface area contributed by atoms with Gasteiger partial charge in [0.1, 0.15) is 5.82 Å². The molecule has 1 N–H and O–H groups in total. The fourth-order valence-electron chi connectivity index (χ4n) is 2.71. The summed E-state index contributed by atoms with van der Waals surface area (Å²) in [4.78, 5) is 15.9. The summed E-state index contributed by atoms with van der Waals surface area (Å²) in [5.41, 5.74) is 1.94. The van der Waals surface area contributed by atoms with Crippen LogP contribution in [0.4, 0.5) is 11.5 Å². The van der Waals surface area contributed by atoms with E-state index in [-0.39, 0.29) is 11.3 Å². The van der Waals surface area contributed by atoms with Crippen LogP contribution < -0.4 is 5.32 Å². The molecular weight excluding hydrogens is 316 g/mol. The SMILES string of the molecule is [C-]#[N+]c1ccc2cc(NC(=O)CC(C)(C)C)n(-c3cc(C)no3)c2c1. The molecule has 0 fully saturated rings. The van der Waals surface area contributed by atoms with Crippen molar-refractivity contribution in [3.8, 4) is 5.88 Å². The van der Waals surface area contributed by atoms with Gasteiger partial charge in [0.05, 0.1) is 12.3 Å². The van der Waals surface area contributed by atoms with Gasteiger partial charge in [0, 0.05) is 18.0 Å². The molecule has 2 aromatic heterocycles. The van der Waals surface area contributed by atoms with Gasteiger partial charge in [-0.2, -0.15) is 0 Å². The molecule has 0 aliphatic rings. The number of hydrogen-bond acceptors (Lipinski definition) is 3. The molecule has 0 aliphatic heterocycles. The van der Waals surface area contributed by atoms with Gasteiger partial charge in [0.2, 0.25) is 11.8 Å². The number of carbonyl (C=O) groups is 1. The van der Waals surface area contributed by atoms with E-state index in [0.717, 1.165) is 16.6 Å². The molecule has 2 heterocycles. The summed E-state index contributed by atoms with van der Waals surface area (Å²) >= 11 is 0. The Morgan fingerprint density at radius 1 is 1.32 bits per heavy atom. The summed E-state index contributed by atoms with van der Waals surface area (Å²) in [6, 6.07) is 9.07. The van der Waals surface area contributed by atoms with Crippen molar-refractivity contribution in [1.29, 1.82) is 0 Å². The zero-order valence-electron chi connectivity index (χ0n) is 14.8. The van der Waals surface area contributed by atoms with Crippen LogP contribution in [0.1, 0.15) is 32.9 Å². The summed E-state index contributed by atoms with van der Waals surface area (Å²) in [5, 5.41) is 7.80. The number of carbonyl (C=O) groups excluding carboxylic acids is 1. The second-order valence-corrected chi connectivity index (χ2v) is 7.31. The Morgan fingerprint density at radius 3 is 2.68 bits per heavy atom. The fraction of sp³-hybridized carbons (Fsp3) is 0.316. The van der Waals surface area contributed by atoms with Crippen LogP contribution in [0.2, 0.25) is 0 Å². The molecule has 0 unspecified atom stereocenters. The first-order valence-electron chi connectivity index (χ1n) is 8.03. The highest BCUT2D eigenvalue weighted by Crippen LogP contribution is 2.31. The summed E-state index contributed by atoms with van der Waals surface area (Å²) in [6.07, 6.45) is 0.400. The van der Waals surface area contributed by atoms with E-state index in [1.54, 1.807) is 22.8 Å². The Hall–Kier alpha value is -3.07. The van der Waals surface area contributed by atoms with E-state index in [1.807, 2.05) is 39.8 Å². The number of nitrogens with zero attached hydrogens (tertiary/aromatic N) is 3. The van der Waals surface area contributed by atoms with Crippen molar-refractivity contribution in [2.45, 2.75) is 34.1 Å². The number of amides is 1. The standard InChI is InChI=1S/C19H20N4O2/c1-12-8-18(25-22-12)23-15-10-14(20-5)7-6-13(15)9-16(23)21-17(24)11-19(2,3)4/h6-10H,11H2,1-4H3,(H,21,24). The highest BCUT2D eigenvalue weighted by atomic mass is 16.5. The topological polar surface area (TPSA) is 64.4 Å². The van der Waals surface area contributed by atoms with Crippen molar-refractivity contribution in [3.05, 3.63) is 47.4 Å². The highest BCUT2D eigenvalue weighted by molar-refractivity contribution is 5.96. The third kappa shape index (κ3) is 3.56. The number of anilines is 1. The van der Waals surface area contributed by atoms with Gasteiger partial charge < -0.3 is 9.84 Å². The van der Waals surface area contributed by atoms with Gasteiger partial charge in [-0.05, 0) is 29.9 Å². The minimum atomic E-state index is -0.110. The molecule has 0 aliphatic carbocycles. The van der Waals surface area contributed by atoms with Gasteiger partial charge in [0.15, 0.2) is 5.69 Å². The summed E-state index contributed by atoms with van der Waals surface area (Å²) in [5.74, 6) is 1.03. The minimum absolute atomic E-state index is 0.0711. The first kappa shape index (κ1) is 16.8. The lowest BCUT2D eigenvalue weighted by atomic mass is 9.92. The fourth-order valence-corrected chi connectivity index (χ4v) is 2.71. The molecule has 0 saturated heterocycles. The van der Waals surface area contributed by atoms with E-state index in [1.165, 1.54) is 0 Å². The van der Waals surface area contributed by atoms with Gasteiger partial charge >= 0.3 is 0 Å². The summed E-state index contributed by atoms with van der Waals surface area (Å²) in [6.45, 7) is 15.1. The smallest absolute Gasteiger partial charge is 0.237 e. The van der Waals surface area contributed by atoms with Crippen LogP contribution in [0.25, 0.3) is 21.6 Å². The van der Waals surface area contributed by atoms with Crippen LogP contribution in [0.5, 0.6) is 0 Å². The molecule has 6 heteroatoms. The molecule has 0 spiro atoms. The van der Waals surface area contributed by atoms with Crippen molar-refractivity contribution in [1.82, 2.24) is 9.72 Å². The lowest BCUT2D eigenvalue weighted by Crippen LogP contribution is -2.20. The molecule has 0 atom stereocenters. The number of nitrogens with one attached hydrogen (secondary N) is 1. The number of aromatic nitrogens is 2. The monoisotopic (exact) mass is 336 g/mol. The maximum Gasteiger partial charge on any atom is 0.237 e. The van der Waals surface area contributed by atoms with Crippen LogP contribution in [0.3, 0.4) is 0 Å². The second kappa shape index (κ2) is 6.10. The molecule has 3 aromatic rings. The van der Waals surface area contributed by atoms with Crippen LogP contribution in [-0.4, -0.2) is 15.6 Å². The van der Waals surface area contributed by atoms with Crippen molar-refractivity contribution in [3.63, 3.8) is 0 Å². The Bertz CT molecular complexity index is 983. The first-order valence-corrected chi connectivity index (χ1v) is 8.03. The molecular formula is C19H20N4O2. The Balaban J connectivity index is 2.11. The third-order valence-corrected chi connectivity index (χ3v) is 3.71. The summed E-state index contributed by atoms with van der Waals surface area (Å²) in [7, 11) is 0. The zero-order valence-corrected chi connectivity index (χ0v) is 14.8. The first-order chi connectivity index (χ1) is 11.8. The second-order valence-electron chi connectivity index (χ2n) is 7.31. The number of benzene rings is 1. The van der Waals surface area contributed by atoms with Gasteiger partial charge in [-0.25, -0.2) is 4.85 Å². The van der Waals surface area contributed by atoms with E-state index in [2.05, 4.69) is 15.3 Å². The molecule has 6 nitrogen and oxygen atoms in total. The largest absolute Gasteiger partial charge is 0.338 e. The van der Waals surface area contributed by atoms with E-state index in [0.29, 0.717) is 23.8 Å². The lowest BCUT2D eigenvalue weighted by Gasteiger charge is -2.17. The maximum atomic E-state index is 12.4. The Kier molecular flexibility index (Phi) is 4.09. The molecule has 0 saturated carbocycles. The van der Waals surface area contributed by atoms with Gasteiger partial charge in [0.25, 0.3) is 0 Å². The van der Waals surface area contributed by atoms with Crippen LogP contribution in [-0.2, 0) is 4.79 Å². The van der Waals surface area contributed by atoms with Crippen molar-refractivity contribution >= 4 is 28.3 Å². The number of fused-ring (bicyclic) bond motifs is 1. The average Bonchev–Trinajstić information content (AvgIpc) is 3.07. The summed E-state index contributed by atoms with van der Waals surface area (Å²) < 4.78 is 7.18. The molecule has 1 aromatic carbocycles. The average molecular weight is 336 g/mol. The van der Waals surface area contributed by atoms with E-state index in [4.69, 9.17) is 11.1 Å². The van der Waals surface area contributed by atoms with Gasteiger partial charge in [-0.3, -0.25) is 9.36 Å². The number of aryl methyl sites for hydroxylation is 1. The van der Waals surface area contributed by atoms with E-state index in [9.17, 15) is 4.79 Å². The van der Waals surface area contributed by atoms with E-state index >= 15 is 0 Å². The quantitative estimate of drug-likeness (QED) is 0.695. The predicted octanol–water partition coefficient (Wildman–Crippen LogP) is 4.85. The lowest BCUT2D eigenvalue weighted by molar-refractivity contribution is -0.117. The van der Waals surface area contributed by atoms with Crippen molar-refractivity contribution in [2.75, 3.05) is 5.32 Å². The van der Waals surface area contributed by atoms with Crippen LogP contribution in [0.15, 0.2) is 34.9 Å². The molecule has 25 heavy (non-hydrogen) atoms. The third-order valence-electron chi connectivity index (χ3n) is 3.71. The number of rotatable bonds is 3. The van der Waals surface area contributed by atoms with E-state index < -0.39 is 0 Å². The molecule has 0 bridgehead atoms. The predicted molar refractivity (Wildman–Crippen MR) is 97.0 cm³/mol. The highest BCUT2D eigenvalue weighted by Gasteiger charge is 2.20. The minimum Gasteiger partial charge on any atom is -0.338 e. The molecule has 0 radical (unpaired) electrons. The molecule has 1 amide bonds. The Morgan fingerprint density at radius 2 is 2.08 bits per heavy atom. The van der Waals surface area contributed by atoms with Gasteiger partial charge in [-0.15, -0.1) is 0 Å². The van der Waals surface area contributed by atoms with Crippen molar-refractivity contribution in [2.24, 2.45) is 5.41 Å². The van der Waals surface area contributed by atoms with Gasteiger partial charge in [-0.1, -0.05) is 38.1 Å². The Labute approximate surface area is 146 Å². The van der Waals surface area contributed by atoms with Crippen LogP contribution in [0, 0.1) is 18.9 Å². The maximum absolute atomic E-state index is 12.4. The molecule has 128 valence electrons. The van der Waals surface area contributed by atoms with Crippen LogP contribution >= 0.6 is 0 Å². The van der Waals surface area contributed by atoms with Crippen molar-refractivity contribution < 1.29 is 9.32 Å². The number of hydrogen-bond donors (Lipinski definition) is 1. The molecule has 3 rings (SSSR count).